The Balaban J connectivity index is 2.78. The minimum absolute atomic E-state index is 0.212. The number of carbonyl (C=O) groups is 1. The van der Waals surface area contributed by atoms with Crippen LogP contribution in [0.3, 0.4) is 0 Å². The van der Waals surface area contributed by atoms with Crippen molar-refractivity contribution >= 4 is 5.97 Å². The third-order valence-electron chi connectivity index (χ3n) is 1.39. The van der Waals surface area contributed by atoms with Gasteiger partial charge in [-0.05, 0) is 6.07 Å². The lowest BCUT2D eigenvalue weighted by molar-refractivity contribution is -0.146. The number of hydrogen-bond acceptors (Lipinski definition) is 3. The number of aromatic nitrogens is 1. The number of alkyl halides is 1. The number of hydrogen-bond donors (Lipinski definition) is 0. The monoisotopic (exact) mass is 169 g/mol. The summed E-state index contributed by atoms with van der Waals surface area (Å²) in [6.45, 7) is 0. The maximum atomic E-state index is 13.0. The van der Waals surface area contributed by atoms with Crippen LogP contribution >= 0.6 is 0 Å². The van der Waals surface area contributed by atoms with Gasteiger partial charge in [0, 0.05) is 18.0 Å². The number of nitrogens with zero attached hydrogens (tertiary/aromatic N) is 1. The van der Waals surface area contributed by atoms with Gasteiger partial charge < -0.3 is 4.74 Å². The Kier molecular flexibility index (Phi) is 2.74. The second-order valence-electron chi connectivity index (χ2n) is 2.17. The summed E-state index contributed by atoms with van der Waals surface area (Å²) in [5.74, 6) is -0.900. The highest BCUT2D eigenvalue weighted by Gasteiger charge is 2.19. The molecule has 0 saturated carbocycles. The average Bonchev–Trinajstić information content (AvgIpc) is 2.17. The van der Waals surface area contributed by atoms with Gasteiger partial charge >= 0.3 is 5.97 Å². The Hall–Kier alpha value is -1.45. The molecular formula is C8H8FNO2. The maximum Gasteiger partial charge on any atom is 0.345 e. The first-order valence-corrected chi connectivity index (χ1v) is 3.37. The van der Waals surface area contributed by atoms with E-state index in [-0.39, 0.29) is 5.56 Å². The number of pyridine rings is 1. The number of rotatable bonds is 2. The van der Waals surface area contributed by atoms with Crippen molar-refractivity contribution in [3.8, 4) is 0 Å². The van der Waals surface area contributed by atoms with Crippen LogP contribution in [0.25, 0.3) is 0 Å². The minimum Gasteiger partial charge on any atom is -0.467 e. The Morgan fingerprint density at radius 2 is 2.50 bits per heavy atom. The van der Waals surface area contributed by atoms with Crippen LogP contribution in [-0.4, -0.2) is 18.1 Å². The quantitative estimate of drug-likeness (QED) is 0.626. The van der Waals surface area contributed by atoms with E-state index in [9.17, 15) is 9.18 Å². The Bertz CT molecular complexity index is 263. The molecule has 0 aliphatic heterocycles. The van der Waals surface area contributed by atoms with E-state index in [1.165, 1.54) is 18.5 Å². The molecule has 0 saturated heterocycles. The molecule has 0 aromatic carbocycles. The fraction of sp³-hybridized carbons (Fsp3) is 0.250. The van der Waals surface area contributed by atoms with Crippen LogP contribution in [-0.2, 0) is 9.53 Å². The first kappa shape index (κ1) is 8.64. The van der Waals surface area contributed by atoms with Crippen LogP contribution in [0.1, 0.15) is 11.7 Å². The largest absolute Gasteiger partial charge is 0.467 e. The van der Waals surface area contributed by atoms with Crippen molar-refractivity contribution in [3.05, 3.63) is 30.1 Å². The molecule has 1 atom stereocenters. The van der Waals surface area contributed by atoms with Crippen LogP contribution in [0.15, 0.2) is 24.5 Å². The molecule has 12 heavy (non-hydrogen) atoms. The molecule has 0 radical (unpaired) electrons. The van der Waals surface area contributed by atoms with Gasteiger partial charge in [-0.1, -0.05) is 6.07 Å². The Morgan fingerprint density at radius 1 is 1.75 bits per heavy atom. The first-order valence-electron chi connectivity index (χ1n) is 3.37. The maximum absolute atomic E-state index is 13.0. The summed E-state index contributed by atoms with van der Waals surface area (Å²) in [5.41, 5.74) is 0.212. The van der Waals surface area contributed by atoms with E-state index < -0.39 is 12.1 Å². The number of methoxy groups -OCH3 is 1. The fourth-order valence-electron chi connectivity index (χ4n) is 0.765. The topological polar surface area (TPSA) is 39.2 Å². The molecule has 0 bridgehead atoms. The third-order valence-corrected chi connectivity index (χ3v) is 1.39. The molecule has 1 rings (SSSR count). The third kappa shape index (κ3) is 1.78. The van der Waals surface area contributed by atoms with Gasteiger partial charge in [-0.2, -0.15) is 0 Å². The molecular weight excluding hydrogens is 161 g/mol. The average molecular weight is 169 g/mol. The molecule has 0 aliphatic carbocycles. The van der Waals surface area contributed by atoms with Gasteiger partial charge in [0.25, 0.3) is 0 Å². The highest BCUT2D eigenvalue weighted by Crippen LogP contribution is 2.16. The second kappa shape index (κ2) is 3.80. The van der Waals surface area contributed by atoms with Crippen molar-refractivity contribution in [1.82, 2.24) is 4.98 Å². The molecule has 0 fully saturated rings. The van der Waals surface area contributed by atoms with E-state index in [1.807, 2.05) is 0 Å². The molecule has 0 aliphatic rings. The molecule has 3 nitrogen and oxygen atoms in total. The van der Waals surface area contributed by atoms with E-state index >= 15 is 0 Å². The number of carbonyl (C=O) groups excluding carboxylic acids is 1. The summed E-state index contributed by atoms with van der Waals surface area (Å²) in [6.07, 6.45) is 1.07. The normalized spacial score (nSPS) is 12.2. The van der Waals surface area contributed by atoms with Crippen LogP contribution in [0.2, 0.25) is 0 Å². The van der Waals surface area contributed by atoms with Crippen LogP contribution in [0, 0.1) is 0 Å². The van der Waals surface area contributed by atoms with E-state index in [2.05, 4.69) is 9.72 Å². The molecule has 0 amide bonds. The van der Waals surface area contributed by atoms with Crippen molar-refractivity contribution in [3.63, 3.8) is 0 Å². The molecule has 64 valence electrons. The molecule has 0 spiro atoms. The summed E-state index contributed by atoms with van der Waals surface area (Å²) in [5, 5.41) is 0. The van der Waals surface area contributed by atoms with Crippen LogP contribution in [0.5, 0.6) is 0 Å². The van der Waals surface area contributed by atoms with E-state index in [0.29, 0.717) is 0 Å². The van der Waals surface area contributed by atoms with Crippen molar-refractivity contribution in [1.29, 1.82) is 0 Å². The van der Waals surface area contributed by atoms with Gasteiger partial charge in [0.15, 0.2) is 0 Å². The SMILES string of the molecule is COC(=O)C(F)c1cccnc1. The second-order valence-corrected chi connectivity index (χ2v) is 2.17. The van der Waals surface area contributed by atoms with E-state index in [4.69, 9.17) is 0 Å². The number of halogens is 1. The smallest absolute Gasteiger partial charge is 0.345 e. The van der Waals surface area contributed by atoms with Gasteiger partial charge in [0.05, 0.1) is 7.11 Å². The highest BCUT2D eigenvalue weighted by molar-refractivity contribution is 5.75. The molecule has 1 heterocycles. The number of ether oxygens (including phenoxy) is 1. The molecule has 1 aromatic heterocycles. The van der Waals surface area contributed by atoms with Gasteiger partial charge in [-0.3, -0.25) is 4.98 Å². The van der Waals surface area contributed by atoms with Crippen molar-refractivity contribution in [2.45, 2.75) is 6.17 Å². The molecule has 0 N–H and O–H groups in total. The lowest BCUT2D eigenvalue weighted by atomic mass is 10.2. The van der Waals surface area contributed by atoms with Crippen molar-refractivity contribution in [2.24, 2.45) is 0 Å². The summed E-state index contributed by atoms with van der Waals surface area (Å²) >= 11 is 0. The van der Waals surface area contributed by atoms with Gasteiger partial charge in [0.2, 0.25) is 6.17 Å². The summed E-state index contributed by atoms with van der Waals surface area (Å²) in [7, 11) is 1.14. The zero-order valence-corrected chi connectivity index (χ0v) is 6.53. The standard InChI is InChI=1S/C8H8FNO2/c1-12-8(11)7(9)6-3-2-4-10-5-6/h2-5,7H,1H3. The van der Waals surface area contributed by atoms with Gasteiger partial charge in [0.1, 0.15) is 0 Å². The lowest BCUT2D eigenvalue weighted by Crippen LogP contribution is -2.09. The number of esters is 1. The highest BCUT2D eigenvalue weighted by atomic mass is 19.1. The predicted molar refractivity (Wildman–Crippen MR) is 40.1 cm³/mol. The van der Waals surface area contributed by atoms with E-state index in [1.54, 1.807) is 6.07 Å². The molecule has 4 heteroatoms. The van der Waals surface area contributed by atoms with Crippen LogP contribution < -0.4 is 0 Å². The predicted octanol–water partition coefficient (Wildman–Crippen LogP) is 1.27. The Labute approximate surface area is 69.2 Å². The van der Waals surface area contributed by atoms with Crippen molar-refractivity contribution < 1.29 is 13.9 Å². The fourth-order valence-corrected chi connectivity index (χ4v) is 0.765. The lowest BCUT2D eigenvalue weighted by Gasteiger charge is -2.04. The zero-order chi connectivity index (χ0) is 8.97. The summed E-state index contributed by atoms with van der Waals surface area (Å²) in [6, 6.07) is 3.04. The van der Waals surface area contributed by atoms with Gasteiger partial charge in [-0.25, -0.2) is 9.18 Å². The summed E-state index contributed by atoms with van der Waals surface area (Å²) in [4.78, 5) is 14.4. The van der Waals surface area contributed by atoms with Crippen LogP contribution in [0.4, 0.5) is 4.39 Å². The minimum atomic E-state index is -1.73. The van der Waals surface area contributed by atoms with E-state index in [0.717, 1.165) is 7.11 Å². The Morgan fingerprint density at radius 3 is 3.00 bits per heavy atom. The summed E-state index contributed by atoms with van der Waals surface area (Å²) < 4.78 is 17.2. The van der Waals surface area contributed by atoms with Crippen molar-refractivity contribution in [2.75, 3.05) is 7.11 Å². The zero-order valence-electron chi connectivity index (χ0n) is 6.53. The van der Waals surface area contributed by atoms with Gasteiger partial charge in [-0.15, -0.1) is 0 Å². The molecule has 1 unspecified atom stereocenters. The first-order chi connectivity index (χ1) is 5.75. The molecule has 1 aromatic rings.